The van der Waals surface area contributed by atoms with Gasteiger partial charge in [0.15, 0.2) is 5.13 Å². The molecule has 0 atom stereocenters. The summed E-state index contributed by atoms with van der Waals surface area (Å²) in [5.41, 5.74) is 1.65. The number of urea groups is 1. The lowest BCUT2D eigenvalue weighted by atomic mass is 10.3. The summed E-state index contributed by atoms with van der Waals surface area (Å²) < 4.78 is 5.19. The highest BCUT2D eigenvalue weighted by Gasteiger charge is 2.23. The fourth-order valence-electron chi connectivity index (χ4n) is 2.90. The van der Waals surface area contributed by atoms with E-state index in [1.807, 2.05) is 41.3 Å². The number of benzene rings is 1. The van der Waals surface area contributed by atoms with Crippen LogP contribution in [0.4, 0.5) is 15.6 Å². The van der Waals surface area contributed by atoms with Crippen LogP contribution in [0.3, 0.4) is 0 Å². The number of anilines is 2. The van der Waals surface area contributed by atoms with Gasteiger partial charge in [-0.15, -0.1) is 0 Å². The van der Waals surface area contributed by atoms with Crippen LogP contribution in [0, 0.1) is 0 Å². The number of piperazine rings is 1. The van der Waals surface area contributed by atoms with Crippen LogP contribution < -0.4 is 15.0 Å². The summed E-state index contributed by atoms with van der Waals surface area (Å²) in [6.07, 6.45) is 1.78. The van der Waals surface area contributed by atoms with E-state index in [1.165, 1.54) is 0 Å². The molecule has 1 N–H and O–H groups in total. The van der Waals surface area contributed by atoms with E-state index in [2.05, 4.69) is 20.2 Å². The van der Waals surface area contributed by atoms with Crippen molar-refractivity contribution in [1.82, 2.24) is 14.9 Å². The van der Waals surface area contributed by atoms with E-state index in [-0.39, 0.29) is 6.03 Å². The van der Waals surface area contributed by atoms with E-state index < -0.39 is 0 Å². The van der Waals surface area contributed by atoms with Crippen LogP contribution in [0.5, 0.6) is 5.75 Å². The number of pyridine rings is 1. The summed E-state index contributed by atoms with van der Waals surface area (Å²) in [5.74, 6) is 0.720. The summed E-state index contributed by atoms with van der Waals surface area (Å²) >= 11 is 1.59. The van der Waals surface area contributed by atoms with Crippen molar-refractivity contribution in [2.24, 2.45) is 0 Å². The number of hydrogen-bond acceptors (Lipinski definition) is 6. The molecule has 26 heavy (non-hydrogen) atoms. The number of nitrogens with one attached hydrogen (secondary N) is 1. The highest BCUT2D eigenvalue weighted by molar-refractivity contribution is 7.21. The number of fused-ring (bicyclic) bond motifs is 1. The zero-order chi connectivity index (χ0) is 17.9. The minimum absolute atomic E-state index is 0.0936. The van der Waals surface area contributed by atoms with Gasteiger partial charge in [-0.25, -0.2) is 14.8 Å². The van der Waals surface area contributed by atoms with E-state index in [9.17, 15) is 4.79 Å². The molecule has 4 rings (SSSR count). The molecule has 0 aliphatic carbocycles. The average molecular weight is 369 g/mol. The Morgan fingerprint density at radius 3 is 2.81 bits per heavy atom. The Labute approximate surface area is 155 Å². The smallest absolute Gasteiger partial charge is 0.321 e. The molecule has 3 aromatic rings. The van der Waals surface area contributed by atoms with E-state index >= 15 is 0 Å². The van der Waals surface area contributed by atoms with Crippen molar-refractivity contribution >= 4 is 38.5 Å². The minimum atomic E-state index is -0.0936. The van der Waals surface area contributed by atoms with Crippen molar-refractivity contribution in [3.05, 3.63) is 42.6 Å². The van der Waals surface area contributed by atoms with Gasteiger partial charge in [0.25, 0.3) is 0 Å². The van der Waals surface area contributed by atoms with Crippen LogP contribution >= 0.6 is 11.3 Å². The number of rotatable bonds is 3. The highest BCUT2D eigenvalue weighted by atomic mass is 32.1. The minimum Gasteiger partial charge on any atom is -0.497 e. The first-order valence-electron chi connectivity index (χ1n) is 8.39. The maximum Gasteiger partial charge on any atom is 0.321 e. The number of carbonyl (C=O) groups excluding carboxylic acids is 1. The van der Waals surface area contributed by atoms with Crippen LogP contribution in [0.1, 0.15) is 0 Å². The number of nitrogens with zero attached hydrogens (tertiary/aromatic N) is 4. The first-order valence-corrected chi connectivity index (χ1v) is 9.21. The molecule has 1 aliphatic rings. The summed E-state index contributed by atoms with van der Waals surface area (Å²) in [6.45, 7) is 2.81. The van der Waals surface area contributed by atoms with Gasteiger partial charge in [0, 0.05) is 44.1 Å². The fraction of sp³-hybridized carbons (Fsp3) is 0.278. The Hall–Kier alpha value is -2.87. The number of aromatic nitrogens is 2. The molecule has 0 bridgehead atoms. The van der Waals surface area contributed by atoms with Crippen LogP contribution in [-0.2, 0) is 0 Å². The van der Waals surface area contributed by atoms with Crippen molar-refractivity contribution in [1.29, 1.82) is 0 Å². The van der Waals surface area contributed by atoms with Crippen molar-refractivity contribution in [2.45, 2.75) is 0 Å². The molecule has 0 spiro atoms. The summed E-state index contributed by atoms with van der Waals surface area (Å²) in [4.78, 5) is 26.4. The Kier molecular flexibility index (Phi) is 4.57. The van der Waals surface area contributed by atoms with Gasteiger partial charge in [-0.2, -0.15) is 0 Å². The molecule has 1 aliphatic heterocycles. The molecule has 1 fully saturated rings. The zero-order valence-corrected chi connectivity index (χ0v) is 15.2. The first-order chi connectivity index (χ1) is 12.7. The van der Waals surface area contributed by atoms with Crippen molar-refractivity contribution in [3.63, 3.8) is 0 Å². The highest BCUT2D eigenvalue weighted by Crippen LogP contribution is 2.27. The number of ether oxygens (including phenoxy) is 1. The molecule has 1 saturated heterocycles. The molecule has 0 radical (unpaired) electrons. The third kappa shape index (κ3) is 3.41. The van der Waals surface area contributed by atoms with Gasteiger partial charge in [0.2, 0.25) is 0 Å². The molecule has 0 saturated carbocycles. The topological polar surface area (TPSA) is 70.6 Å². The SMILES string of the molecule is COc1cccc(NC(=O)N2CCN(c3nc4cccnc4s3)CC2)c1. The predicted octanol–water partition coefficient (Wildman–Crippen LogP) is 3.05. The predicted molar refractivity (Wildman–Crippen MR) is 103 cm³/mol. The molecule has 0 unspecified atom stereocenters. The van der Waals surface area contributed by atoms with Crippen molar-refractivity contribution in [3.8, 4) is 5.75 Å². The van der Waals surface area contributed by atoms with E-state index in [1.54, 1.807) is 24.6 Å². The maximum atomic E-state index is 12.5. The molecule has 2 amide bonds. The van der Waals surface area contributed by atoms with Gasteiger partial charge < -0.3 is 19.9 Å². The van der Waals surface area contributed by atoms with Crippen molar-refractivity contribution in [2.75, 3.05) is 43.5 Å². The number of amides is 2. The van der Waals surface area contributed by atoms with Gasteiger partial charge in [-0.3, -0.25) is 0 Å². The summed E-state index contributed by atoms with van der Waals surface area (Å²) in [5, 5.41) is 3.89. The second kappa shape index (κ2) is 7.17. The largest absolute Gasteiger partial charge is 0.497 e. The molecular weight excluding hydrogens is 350 g/mol. The molecule has 134 valence electrons. The Balaban J connectivity index is 1.37. The second-order valence-electron chi connectivity index (χ2n) is 5.96. The van der Waals surface area contributed by atoms with E-state index in [4.69, 9.17) is 4.74 Å². The molecule has 3 heterocycles. The molecule has 8 heteroatoms. The van der Waals surface area contributed by atoms with E-state index in [0.29, 0.717) is 13.1 Å². The van der Waals surface area contributed by atoms with Crippen LogP contribution in [0.25, 0.3) is 10.3 Å². The first kappa shape index (κ1) is 16.6. The fourth-order valence-corrected chi connectivity index (χ4v) is 3.86. The van der Waals surface area contributed by atoms with Gasteiger partial charge >= 0.3 is 6.03 Å². The van der Waals surface area contributed by atoms with Crippen LogP contribution in [0.15, 0.2) is 42.6 Å². The maximum absolute atomic E-state index is 12.5. The molecule has 2 aromatic heterocycles. The van der Waals surface area contributed by atoms with Gasteiger partial charge in [0.1, 0.15) is 16.1 Å². The van der Waals surface area contributed by atoms with Gasteiger partial charge in [0.05, 0.1) is 7.11 Å². The zero-order valence-electron chi connectivity index (χ0n) is 14.4. The number of thiazole rings is 1. The Bertz CT molecular complexity index is 888. The Morgan fingerprint density at radius 1 is 1.19 bits per heavy atom. The van der Waals surface area contributed by atoms with Crippen molar-refractivity contribution < 1.29 is 9.53 Å². The second-order valence-corrected chi connectivity index (χ2v) is 6.92. The van der Waals surface area contributed by atoms with E-state index in [0.717, 1.165) is 40.0 Å². The third-order valence-corrected chi connectivity index (χ3v) is 5.35. The molecular formula is C18H19N5O2S. The van der Waals surface area contributed by atoms with Crippen LogP contribution in [-0.4, -0.2) is 54.2 Å². The lowest BCUT2D eigenvalue weighted by Crippen LogP contribution is -2.50. The molecule has 1 aromatic carbocycles. The number of methoxy groups -OCH3 is 1. The third-order valence-electron chi connectivity index (χ3n) is 4.31. The summed E-state index contributed by atoms with van der Waals surface area (Å²) in [6, 6.07) is 11.1. The lowest BCUT2D eigenvalue weighted by Gasteiger charge is -2.34. The number of carbonyl (C=O) groups is 1. The van der Waals surface area contributed by atoms with Crippen LogP contribution in [0.2, 0.25) is 0 Å². The normalized spacial score (nSPS) is 14.5. The standard InChI is InChI=1S/C18H19N5O2S/c1-25-14-5-2-4-13(12-14)20-17(24)22-8-10-23(11-9-22)18-21-15-6-3-7-19-16(15)26-18/h2-7,12H,8-11H2,1H3,(H,20,24). The quantitative estimate of drug-likeness (QED) is 0.768. The monoisotopic (exact) mass is 369 g/mol. The number of hydrogen-bond donors (Lipinski definition) is 1. The van der Waals surface area contributed by atoms with Gasteiger partial charge in [-0.05, 0) is 24.3 Å². The Morgan fingerprint density at radius 2 is 2.04 bits per heavy atom. The molecule has 7 nitrogen and oxygen atoms in total. The van der Waals surface area contributed by atoms with Gasteiger partial charge in [-0.1, -0.05) is 17.4 Å². The average Bonchev–Trinajstić information content (AvgIpc) is 3.12. The lowest BCUT2D eigenvalue weighted by molar-refractivity contribution is 0.208. The summed E-state index contributed by atoms with van der Waals surface area (Å²) in [7, 11) is 1.61.